The number of piperidine rings is 1. The first kappa shape index (κ1) is 14.0. The number of sulfonamides is 1. The van der Waals surface area contributed by atoms with Crippen molar-refractivity contribution in [3.63, 3.8) is 0 Å². The third kappa shape index (κ3) is 2.48. The molecule has 1 aromatic heterocycles. The molecular weight excluding hydrogens is 274 g/mol. The summed E-state index contributed by atoms with van der Waals surface area (Å²) in [6, 6.07) is 0. The summed E-state index contributed by atoms with van der Waals surface area (Å²) in [5, 5.41) is 24.1. The zero-order valence-corrected chi connectivity index (χ0v) is 11.1. The number of carbonyl (C=O) groups is 1. The third-order valence-corrected chi connectivity index (χ3v) is 4.87. The molecule has 3 N–H and O–H groups in total. The van der Waals surface area contributed by atoms with Crippen LogP contribution in [0, 0.1) is 6.92 Å². The van der Waals surface area contributed by atoms with Crippen molar-refractivity contribution < 1.29 is 23.4 Å². The van der Waals surface area contributed by atoms with Gasteiger partial charge in [0.25, 0.3) is 10.0 Å². The van der Waals surface area contributed by atoms with Crippen LogP contribution >= 0.6 is 0 Å². The summed E-state index contributed by atoms with van der Waals surface area (Å²) < 4.78 is 25.8. The molecule has 19 heavy (non-hydrogen) atoms. The minimum Gasteiger partial charge on any atom is -0.478 e. The van der Waals surface area contributed by atoms with Crippen LogP contribution in [-0.2, 0) is 10.0 Å². The number of aromatic nitrogens is 2. The number of aliphatic hydroxyl groups is 1. The van der Waals surface area contributed by atoms with Crippen LogP contribution in [0.2, 0.25) is 0 Å². The second-order valence-corrected chi connectivity index (χ2v) is 6.35. The van der Waals surface area contributed by atoms with Crippen LogP contribution in [0.5, 0.6) is 0 Å². The lowest BCUT2D eigenvalue weighted by Gasteiger charge is -2.28. The van der Waals surface area contributed by atoms with E-state index in [0.29, 0.717) is 12.8 Å². The molecular formula is C10H15N3O5S. The van der Waals surface area contributed by atoms with Crippen molar-refractivity contribution in [3.8, 4) is 0 Å². The maximum absolute atomic E-state index is 12.3. The van der Waals surface area contributed by atoms with Gasteiger partial charge in [0, 0.05) is 18.8 Å². The smallest absolute Gasteiger partial charge is 0.340 e. The van der Waals surface area contributed by atoms with Gasteiger partial charge >= 0.3 is 5.97 Å². The van der Waals surface area contributed by atoms with Crippen molar-refractivity contribution in [1.29, 1.82) is 0 Å². The highest BCUT2D eigenvalue weighted by molar-refractivity contribution is 7.89. The molecule has 0 amide bonds. The standard InChI is InChI=1S/C10H15N3O5S/c1-6-8(10(15)16)9(12-11-6)19(17,18)13-4-2-3-7(14)5-13/h7,14H,2-5H2,1H3,(H,11,12)(H,15,16). The normalized spacial score (nSPS) is 21.5. The molecule has 106 valence electrons. The Hall–Kier alpha value is -1.45. The average Bonchev–Trinajstić information content (AvgIpc) is 2.72. The first-order valence-electron chi connectivity index (χ1n) is 5.80. The predicted molar refractivity (Wildman–Crippen MR) is 64.3 cm³/mol. The lowest BCUT2D eigenvalue weighted by atomic mass is 10.1. The van der Waals surface area contributed by atoms with E-state index in [0.717, 1.165) is 4.31 Å². The highest BCUT2D eigenvalue weighted by Crippen LogP contribution is 2.23. The number of aryl methyl sites for hydroxylation is 1. The Morgan fingerprint density at radius 2 is 2.21 bits per heavy atom. The number of carboxylic acid groups (broad SMARTS) is 1. The van der Waals surface area contributed by atoms with E-state index >= 15 is 0 Å². The Kier molecular flexibility index (Phi) is 3.61. The molecule has 2 rings (SSSR count). The summed E-state index contributed by atoms with van der Waals surface area (Å²) in [7, 11) is -4.00. The van der Waals surface area contributed by atoms with Crippen LogP contribution in [0.15, 0.2) is 5.03 Å². The number of β-amino-alcohol motifs (C(OH)–C–C–N with tert-alkyl or cyclic N) is 1. The molecule has 0 spiro atoms. The lowest BCUT2D eigenvalue weighted by Crippen LogP contribution is -2.42. The Labute approximate surface area is 110 Å². The molecule has 9 heteroatoms. The molecule has 0 bridgehead atoms. The van der Waals surface area contributed by atoms with Crippen LogP contribution in [0.4, 0.5) is 0 Å². The van der Waals surface area contributed by atoms with Crippen LogP contribution in [0.3, 0.4) is 0 Å². The first-order valence-corrected chi connectivity index (χ1v) is 7.24. The molecule has 1 aliphatic rings. The van der Waals surface area contributed by atoms with Gasteiger partial charge in [-0.25, -0.2) is 13.2 Å². The van der Waals surface area contributed by atoms with E-state index in [1.165, 1.54) is 6.92 Å². The number of hydrogen-bond donors (Lipinski definition) is 3. The molecule has 1 atom stereocenters. The summed E-state index contributed by atoms with van der Waals surface area (Å²) in [6.45, 7) is 1.66. The van der Waals surface area contributed by atoms with E-state index in [-0.39, 0.29) is 24.3 Å². The maximum Gasteiger partial charge on any atom is 0.340 e. The van der Waals surface area contributed by atoms with E-state index in [4.69, 9.17) is 5.11 Å². The van der Waals surface area contributed by atoms with Crippen LogP contribution in [0.25, 0.3) is 0 Å². The van der Waals surface area contributed by atoms with Gasteiger partial charge in [-0.15, -0.1) is 0 Å². The molecule has 1 aliphatic heterocycles. The molecule has 0 radical (unpaired) electrons. The SMILES string of the molecule is Cc1[nH]nc(S(=O)(=O)N2CCCC(O)C2)c1C(=O)O. The highest BCUT2D eigenvalue weighted by atomic mass is 32.2. The minimum absolute atomic E-state index is 0.0344. The maximum atomic E-state index is 12.3. The van der Waals surface area contributed by atoms with E-state index in [1.54, 1.807) is 0 Å². The number of carboxylic acids is 1. The lowest BCUT2D eigenvalue weighted by molar-refractivity contribution is 0.0691. The average molecular weight is 289 g/mol. The molecule has 0 saturated carbocycles. The Bertz CT molecular complexity index is 594. The van der Waals surface area contributed by atoms with Crippen molar-refractivity contribution in [2.45, 2.75) is 30.9 Å². The van der Waals surface area contributed by atoms with E-state index in [2.05, 4.69) is 10.2 Å². The van der Waals surface area contributed by atoms with Gasteiger partial charge in [0.1, 0.15) is 5.56 Å². The largest absolute Gasteiger partial charge is 0.478 e. The van der Waals surface area contributed by atoms with Crippen LogP contribution < -0.4 is 0 Å². The molecule has 1 fully saturated rings. The number of aliphatic hydroxyl groups excluding tert-OH is 1. The molecule has 8 nitrogen and oxygen atoms in total. The minimum atomic E-state index is -4.00. The molecule has 2 heterocycles. The van der Waals surface area contributed by atoms with Crippen molar-refractivity contribution in [3.05, 3.63) is 11.3 Å². The van der Waals surface area contributed by atoms with Gasteiger partial charge in [0.2, 0.25) is 5.03 Å². The van der Waals surface area contributed by atoms with Crippen molar-refractivity contribution in [2.75, 3.05) is 13.1 Å². The zero-order valence-electron chi connectivity index (χ0n) is 10.3. The van der Waals surface area contributed by atoms with E-state index in [9.17, 15) is 18.3 Å². The van der Waals surface area contributed by atoms with Gasteiger partial charge in [0.15, 0.2) is 0 Å². The Morgan fingerprint density at radius 1 is 1.53 bits per heavy atom. The monoisotopic (exact) mass is 289 g/mol. The Morgan fingerprint density at radius 3 is 2.79 bits per heavy atom. The second-order valence-electron chi connectivity index (χ2n) is 4.49. The van der Waals surface area contributed by atoms with E-state index < -0.39 is 27.1 Å². The number of hydrogen-bond acceptors (Lipinski definition) is 5. The van der Waals surface area contributed by atoms with Gasteiger partial charge in [-0.1, -0.05) is 0 Å². The molecule has 1 aromatic rings. The summed E-state index contributed by atoms with van der Waals surface area (Å²) in [6.07, 6.45) is 0.348. The Balaban J connectivity index is 2.42. The molecule has 1 unspecified atom stereocenters. The summed E-state index contributed by atoms with van der Waals surface area (Å²) in [5.74, 6) is -1.35. The number of aromatic amines is 1. The quantitative estimate of drug-likeness (QED) is 0.693. The van der Waals surface area contributed by atoms with E-state index in [1.807, 2.05) is 0 Å². The van der Waals surface area contributed by atoms with Crippen molar-refractivity contribution in [1.82, 2.24) is 14.5 Å². The summed E-state index contributed by atoms with van der Waals surface area (Å²) >= 11 is 0. The number of H-pyrrole nitrogens is 1. The molecule has 0 aromatic carbocycles. The van der Waals surface area contributed by atoms with Gasteiger partial charge < -0.3 is 10.2 Å². The van der Waals surface area contributed by atoms with Gasteiger partial charge in [-0.3, -0.25) is 5.10 Å². The van der Waals surface area contributed by atoms with Gasteiger partial charge in [-0.05, 0) is 19.8 Å². The zero-order chi connectivity index (χ0) is 14.2. The molecule has 0 aliphatic carbocycles. The first-order chi connectivity index (χ1) is 8.84. The number of aromatic carboxylic acids is 1. The predicted octanol–water partition coefficient (Wildman–Crippen LogP) is -0.438. The van der Waals surface area contributed by atoms with Crippen molar-refractivity contribution in [2.24, 2.45) is 0 Å². The van der Waals surface area contributed by atoms with Gasteiger partial charge in [0.05, 0.1) is 6.10 Å². The molecule has 1 saturated heterocycles. The fourth-order valence-electron chi connectivity index (χ4n) is 2.11. The van der Waals surface area contributed by atoms with Gasteiger partial charge in [-0.2, -0.15) is 9.40 Å². The van der Waals surface area contributed by atoms with Crippen LogP contribution in [-0.4, -0.2) is 58.3 Å². The third-order valence-electron chi connectivity index (χ3n) is 3.07. The fourth-order valence-corrected chi connectivity index (χ4v) is 3.75. The number of nitrogens with one attached hydrogen (secondary N) is 1. The van der Waals surface area contributed by atoms with Crippen LogP contribution in [0.1, 0.15) is 28.9 Å². The van der Waals surface area contributed by atoms with Crippen molar-refractivity contribution >= 4 is 16.0 Å². The second kappa shape index (κ2) is 4.91. The topological polar surface area (TPSA) is 124 Å². The number of rotatable bonds is 3. The fraction of sp³-hybridized carbons (Fsp3) is 0.600. The summed E-state index contributed by atoms with van der Waals surface area (Å²) in [4.78, 5) is 11.1. The number of nitrogens with zero attached hydrogens (tertiary/aromatic N) is 2. The highest BCUT2D eigenvalue weighted by Gasteiger charge is 2.35. The summed E-state index contributed by atoms with van der Waals surface area (Å²) in [5.41, 5.74) is -0.163.